The number of hydrogen-bond donors (Lipinski definition) is 2. The van der Waals surface area contributed by atoms with Gasteiger partial charge in [-0.15, -0.1) is 0 Å². The number of ether oxygens (including phenoxy) is 2. The summed E-state index contributed by atoms with van der Waals surface area (Å²) in [5.74, 6) is 1.09. The molecule has 1 fully saturated rings. The van der Waals surface area contributed by atoms with E-state index >= 15 is 0 Å². The fourth-order valence-corrected chi connectivity index (χ4v) is 4.41. The average molecular weight is 499 g/mol. The third kappa shape index (κ3) is 4.74. The normalized spacial score (nSPS) is 19.4. The number of aromatic nitrogens is 5. The zero-order valence-corrected chi connectivity index (χ0v) is 19.8. The van der Waals surface area contributed by atoms with E-state index in [2.05, 4.69) is 30.6 Å². The van der Waals surface area contributed by atoms with Crippen molar-refractivity contribution >= 4 is 46.6 Å². The summed E-state index contributed by atoms with van der Waals surface area (Å²) in [5, 5.41) is 6.50. The minimum Gasteiger partial charge on any atom is -0.475 e. The first-order chi connectivity index (χ1) is 16.8. The van der Waals surface area contributed by atoms with Crippen LogP contribution in [0.15, 0.2) is 34.3 Å². The van der Waals surface area contributed by atoms with Gasteiger partial charge in [-0.1, -0.05) is 11.8 Å². The monoisotopic (exact) mass is 498 g/mol. The second-order valence-corrected chi connectivity index (χ2v) is 9.26. The molecule has 0 saturated carbocycles. The van der Waals surface area contributed by atoms with E-state index in [1.54, 1.807) is 13.1 Å². The molecule has 13 nitrogen and oxygen atoms in total. The van der Waals surface area contributed by atoms with Gasteiger partial charge in [0, 0.05) is 26.2 Å². The lowest BCUT2D eigenvalue weighted by atomic mass is 10.1. The SMILES string of the molecule is Cn1c(=O)ccc2ncc(OCCNC[C@@]3(C)CN(c4cnc5c(n4)NC(=O)CS5)C(=O)O3)nc21. The number of hydrogen-bond acceptors (Lipinski definition) is 11. The van der Waals surface area contributed by atoms with Crippen LogP contribution in [-0.4, -0.2) is 74.1 Å². The second kappa shape index (κ2) is 9.11. The Hall–Kier alpha value is -3.78. The predicted molar refractivity (Wildman–Crippen MR) is 127 cm³/mol. The Balaban J connectivity index is 1.15. The van der Waals surface area contributed by atoms with Crippen LogP contribution in [0.25, 0.3) is 11.2 Å². The highest BCUT2D eigenvalue weighted by Gasteiger charge is 2.42. The van der Waals surface area contributed by atoms with E-state index in [4.69, 9.17) is 9.47 Å². The summed E-state index contributed by atoms with van der Waals surface area (Å²) in [5.41, 5.74) is 0.0667. The standard InChI is InChI=1S/C21H22N8O5S/c1-21(10-22-5-6-33-15-8-23-12-3-4-16(31)28(2)18(12)27-15)11-29(20(32)34-21)13-7-24-19-17(25-13)26-14(30)9-35-19/h3-4,7-8,22H,5-6,9-11H2,1-2H3,(H,25,26,30)/t21-/m0/s1. The van der Waals surface area contributed by atoms with Gasteiger partial charge in [0.2, 0.25) is 11.8 Å². The van der Waals surface area contributed by atoms with Crippen LogP contribution in [0.3, 0.4) is 0 Å². The fraction of sp³-hybridized carbons (Fsp3) is 0.381. The second-order valence-electron chi connectivity index (χ2n) is 8.30. The maximum atomic E-state index is 12.5. The number of cyclic esters (lactones) is 1. The lowest BCUT2D eigenvalue weighted by molar-refractivity contribution is -0.113. The molecular formula is C21H22N8O5S. The minimum absolute atomic E-state index is 0.159. The molecule has 35 heavy (non-hydrogen) atoms. The van der Waals surface area contributed by atoms with Crippen LogP contribution in [0.5, 0.6) is 5.88 Å². The van der Waals surface area contributed by atoms with E-state index in [1.807, 2.05) is 6.92 Å². The number of anilines is 2. The van der Waals surface area contributed by atoms with Gasteiger partial charge in [-0.25, -0.2) is 19.7 Å². The van der Waals surface area contributed by atoms with Crippen molar-refractivity contribution in [2.24, 2.45) is 7.05 Å². The molecule has 0 bridgehead atoms. The number of nitrogens with zero attached hydrogens (tertiary/aromatic N) is 6. The molecule has 14 heteroatoms. The number of thioether (sulfide) groups is 1. The number of carbonyl (C=O) groups excluding carboxylic acids is 2. The summed E-state index contributed by atoms with van der Waals surface area (Å²) in [7, 11) is 1.63. The Labute approximate surface area is 203 Å². The van der Waals surface area contributed by atoms with Crippen molar-refractivity contribution in [1.29, 1.82) is 0 Å². The largest absolute Gasteiger partial charge is 0.475 e. The summed E-state index contributed by atoms with van der Waals surface area (Å²) >= 11 is 1.30. The molecule has 1 atom stereocenters. The third-order valence-electron chi connectivity index (χ3n) is 5.47. The van der Waals surface area contributed by atoms with Crippen LogP contribution in [0.4, 0.5) is 16.4 Å². The molecule has 3 aromatic rings. The van der Waals surface area contributed by atoms with Crippen LogP contribution in [0, 0.1) is 0 Å². The topological polar surface area (TPSA) is 153 Å². The lowest BCUT2D eigenvalue weighted by Crippen LogP contribution is -2.42. The Bertz CT molecular complexity index is 1380. The van der Waals surface area contributed by atoms with Crippen molar-refractivity contribution in [2.75, 3.05) is 42.2 Å². The molecule has 182 valence electrons. The minimum atomic E-state index is -0.798. The summed E-state index contributed by atoms with van der Waals surface area (Å²) in [4.78, 5) is 54.6. The van der Waals surface area contributed by atoms with E-state index in [-0.39, 0.29) is 23.8 Å². The van der Waals surface area contributed by atoms with Crippen LogP contribution in [0.1, 0.15) is 6.92 Å². The molecule has 0 aromatic carbocycles. The predicted octanol–water partition coefficient (Wildman–Crippen LogP) is 0.547. The number of pyridine rings is 1. The van der Waals surface area contributed by atoms with E-state index in [0.717, 1.165) is 0 Å². The molecule has 0 unspecified atom stereocenters. The molecule has 0 aliphatic carbocycles. The summed E-state index contributed by atoms with van der Waals surface area (Å²) < 4.78 is 12.7. The Kier molecular flexibility index (Phi) is 5.98. The number of carbonyl (C=O) groups is 2. The lowest BCUT2D eigenvalue weighted by Gasteiger charge is -2.22. The maximum Gasteiger partial charge on any atom is 0.416 e. The van der Waals surface area contributed by atoms with E-state index < -0.39 is 11.7 Å². The molecule has 1 saturated heterocycles. The Morgan fingerprint density at radius 3 is 2.94 bits per heavy atom. The summed E-state index contributed by atoms with van der Waals surface area (Å²) in [6.45, 7) is 3.21. The van der Waals surface area contributed by atoms with Crippen LogP contribution in [-0.2, 0) is 16.6 Å². The van der Waals surface area contributed by atoms with Gasteiger partial charge in [-0.3, -0.25) is 19.1 Å². The van der Waals surface area contributed by atoms with E-state index in [1.165, 1.54) is 39.7 Å². The van der Waals surface area contributed by atoms with Gasteiger partial charge < -0.3 is 20.1 Å². The zero-order valence-electron chi connectivity index (χ0n) is 19.0. The highest BCUT2D eigenvalue weighted by Crippen LogP contribution is 2.32. The highest BCUT2D eigenvalue weighted by atomic mass is 32.2. The number of nitrogens with one attached hydrogen (secondary N) is 2. The molecule has 2 aliphatic heterocycles. The summed E-state index contributed by atoms with van der Waals surface area (Å²) in [6.07, 6.45) is 2.47. The summed E-state index contributed by atoms with van der Waals surface area (Å²) in [6, 6.07) is 3.06. The number of amides is 2. The van der Waals surface area contributed by atoms with Gasteiger partial charge in [-0.2, -0.15) is 4.98 Å². The third-order valence-corrected chi connectivity index (χ3v) is 6.45. The number of fused-ring (bicyclic) bond motifs is 2. The van der Waals surface area contributed by atoms with Crippen molar-refractivity contribution in [3.8, 4) is 5.88 Å². The molecule has 2 N–H and O–H groups in total. The fourth-order valence-electron chi connectivity index (χ4n) is 3.71. The van der Waals surface area contributed by atoms with Gasteiger partial charge in [-0.05, 0) is 13.0 Å². The van der Waals surface area contributed by atoms with Crippen LogP contribution >= 0.6 is 11.8 Å². The maximum absolute atomic E-state index is 12.5. The van der Waals surface area contributed by atoms with Gasteiger partial charge in [0.1, 0.15) is 22.8 Å². The molecule has 2 amide bonds. The Morgan fingerprint density at radius 1 is 1.23 bits per heavy atom. The first kappa shape index (κ1) is 23.0. The van der Waals surface area contributed by atoms with Gasteiger partial charge in [0.05, 0.1) is 24.7 Å². The molecule has 5 rings (SSSR count). The van der Waals surface area contributed by atoms with Crippen molar-refractivity contribution in [2.45, 2.75) is 17.6 Å². The average Bonchev–Trinajstić information content (AvgIpc) is 3.15. The van der Waals surface area contributed by atoms with Crippen LogP contribution in [0.2, 0.25) is 0 Å². The van der Waals surface area contributed by atoms with Gasteiger partial charge in [0.15, 0.2) is 17.3 Å². The molecular weight excluding hydrogens is 476 g/mol. The van der Waals surface area contributed by atoms with Gasteiger partial charge in [0.25, 0.3) is 5.56 Å². The van der Waals surface area contributed by atoms with E-state index in [0.29, 0.717) is 53.4 Å². The smallest absolute Gasteiger partial charge is 0.416 e. The van der Waals surface area contributed by atoms with Crippen molar-refractivity contribution in [3.05, 3.63) is 34.9 Å². The van der Waals surface area contributed by atoms with Crippen molar-refractivity contribution < 1.29 is 19.1 Å². The molecule has 0 spiro atoms. The molecule has 2 aliphatic rings. The van der Waals surface area contributed by atoms with Crippen LogP contribution < -0.4 is 25.8 Å². The molecule has 5 heterocycles. The van der Waals surface area contributed by atoms with E-state index in [9.17, 15) is 14.4 Å². The highest BCUT2D eigenvalue weighted by molar-refractivity contribution is 8.00. The number of aryl methyl sites for hydroxylation is 1. The zero-order chi connectivity index (χ0) is 24.6. The first-order valence-corrected chi connectivity index (χ1v) is 11.8. The molecule has 0 radical (unpaired) electrons. The quantitative estimate of drug-likeness (QED) is 0.439. The first-order valence-electron chi connectivity index (χ1n) is 10.8. The van der Waals surface area contributed by atoms with Crippen molar-refractivity contribution in [3.63, 3.8) is 0 Å². The van der Waals surface area contributed by atoms with Gasteiger partial charge >= 0.3 is 6.09 Å². The number of rotatable bonds is 7. The van der Waals surface area contributed by atoms with Crippen molar-refractivity contribution in [1.82, 2.24) is 29.8 Å². The Morgan fingerprint density at radius 2 is 2.09 bits per heavy atom. The molecule has 3 aromatic heterocycles.